The summed E-state index contributed by atoms with van der Waals surface area (Å²) in [5.41, 5.74) is 0.487. The predicted molar refractivity (Wildman–Crippen MR) is 109 cm³/mol. The monoisotopic (exact) mass is 409 g/mol. The average molecular weight is 410 g/mol. The Morgan fingerprint density at radius 3 is 2.32 bits per heavy atom. The van der Waals surface area contributed by atoms with Gasteiger partial charge in [-0.25, -0.2) is 8.42 Å². The standard InChI is InChI=1S/C20H31N3O4S/c1-2-27-18-10-9-17(21-20(24)16-22-11-5-3-6-12-22)15-19(18)28(25,26)23-13-7-4-8-14-23/h9-10,15H,2-8,11-14,16H2,1H3,(H,21,24). The minimum Gasteiger partial charge on any atom is -0.492 e. The van der Waals surface area contributed by atoms with E-state index in [0.717, 1.165) is 45.2 Å². The van der Waals surface area contributed by atoms with Crippen LogP contribution in [-0.2, 0) is 14.8 Å². The van der Waals surface area contributed by atoms with Crippen LogP contribution < -0.4 is 10.1 Å². The highest BCUT2D eigenvalue weighted by Gasteiger charge is 2.29. The summed E-state index contributed by atoms with van der Waals surface area (Å²) in [4.78, 5) is 14.7. The molecule has 2 aliphatic heterocycles. The van der Waals surface area contributed by atoms with Gasteiger partial charge in [-0.15, -0.1) is 0 Å². The lowest BCUT2D eigenvalue weighted by Gasteiger charge is -2.27. The van der Waals surface area contributed by atoms with E-state index in [1.165, 1.54) is 16.8 Å². The smallest absolute Gasteiger partial charge is 0.246 e. The van der Waals surface area contributed by atoms with Crippen LogP contribution in [-0.4, -0.2) is 62.9 Å². The number of nitrogens with zero attached hydrogens (tertiary/aromatic N) is 2. The topological polar surface area (TPSA) is 79.0 Å². The van der Waals surface area contributed by atoms with Crippen molar-refractivity contribution in [3.05, 3.63) is 18.2 Å². The SMILES string of the molecule is CCOc1ccc(NC(=O)CN2CCCCC2)cc1S(=O)(=O)N1CCCCC1. The van der Waals surface area contributed by atoms with Crippen LogP contribution in [0.3, 0.4) is 0 Å². The Morgan fingerprint density at radius 1 is 1.04 bits per heavy atom. The van der Waals surface area contributed by atoms with Crippen LogP contribution in [0.1, 0.15) is 45.4 Å². The number of sulfonamides is 1. The molecule has 1 N–H and O–H groups in total. The molecule has 0 aromatic heterocycles. The van der Waals surface area contributed by atoms with Crippen LogP contribution in [0.2, 0.25) is 0 Å². The van der Waals surface area contributed by atoms with Crippen molar-refractivity contribution in [3.8, 4) is 5.75 Å². The molecule has 2 heterocycles. The quantitative estimate of drug-likeness (QED) is 0.749. The lowest BCUT2D eigenvalue weighted by atomic mass is 10.1. The molecule has 2 aliphatic rings. The van der Waals surface area contributed by atoms with Gasteiger partial charge in [0, 0.05) is 18.8 Å². The maximum atomic E-state index is 13.2. The number of likely N-dealkylation sites (tertiary alicyclic amines) is 1. The number of carbonyl (C=O) groups is 1. The first-order chi connectivity index (χ1) is 13.5. The zero-order valence-corrected chi connectivity index (χ0v) is 17.5. The van der Waals surface area contributed by atoms with Crippen molar-refractivity contribution in [3.63, 3.8) is 0 Å². The molecule has 0 saturated carbocycles. The van der Waals surface area contributed by atoms with Gasteiger partial charge in [0.2, 0.25) is 15.9 Å². The van der Waals surface area contributed by atoms with Crippen LogP contribution in [0.4, 0.5) is 5.69 Å². The molecule has 8 heteroatoms. The van der Waals surface area contributed by atoms with Crippen LogP contribution >= 0.6 is 0 Å². The zero-order valence-electron chi connectivity index (χ0n) is 16.7. The van der Waals surface area contributed by atoms with E-state index < -0.39 is 10.0 Å². The van der Waals surface area contributed by atoms with Gasteiger partial charge in [-0.3, -0.25) is 9.69 Å². The number of rotatable bonds is 7. The molecule has 0 atom stereocenters. The maximum Gasteiger partial charge on any atom is 0.246 e. The molecule has 0 spiro atoms. The number of anilines is 1. The molecule has 0 unspecified atom stereocenters. The Bertz CT molecular complexity index is 770. The van der Waals surface area contributed by atoms with E-state index in [-0.39, 0.29) is 10.8 Å². The Balaban J connectivity index is 1.77. The molecule has 1 aromatic rings. The summed E-state index contributed by atoms with van der Waals surface area (Å²) in [6, 6.07) is 4.87. The number of piperidine rings is 2. The molecule has 2 fully saturated rings. The van der Waals surface area contributed by atoms with Crippen molar-refractivity contribution in [2.24, 2.45) is 0 Å². The van der Waals surface area contributed by atoms with E-state index in [4.69, 9.17) is 4.74 Å². The molecule has 0 aliphatic carbocycles. The van der Waals surface area contributed by atoms with Gasteiger partial charge in [-0.2, -0.15) is 4.31 Å². The zero-order chi connectivity index (χ0) is 20.0. The molecule has 0 bridgehead atoms. The van der Waals surface area contributed by atoms with Crippen LogP contribution in [0.15, 0.2) is 23.1 Å². The molecule has 0 radical (unpaired) electrons. The third-order valence-corrected chi connectivity index (χ3v) is 7.20. The maximum absolute atomic E-state index is 13.2. The number of hydrogen-bond donors (Lipinski definition) is 1. The molecule has 2 saturated heterocycles. The van der Waals surface area contributed by atoms with Crippen LogP contribution in [0.5, 0.6) is 5.75 Å². The first kappa shape index (κ1) is 21.1. The molecule has 156 valence electrons. The van der Waals surface area contributed by atoms with Crippen molar-refractivity contribution in [2.75, 3.05) is 44.6 Å². The van der Waals surface area contributed by atoms with Crippen LogP contribution in [0.25, 0.3) is 0 Å². The van der Waals surface area contributed by atoms with Crippen molar-refractivity contribution in [1.29, 1.82) is 0 Å². The number of benzene rings is 1. The first-order valence-corrected chi connectivity index (χ1v) is 11.7. The highest BCUT2D eigenvalue weighted by molar-refractivity contribution is 7.89. The average Bonchev–Trinajstić information content (AvgIpc) is 2.70. The molecule has 1 aromatic carbocycles. The minimum absolute atomic E-state index is 0.118. The van der Waals surface area contributed by atoms with Gasteiger partial charge in [-0.1, -0.05) is 12.8 Å². The summed E-state index contributed by atoms with van der Waals surface area (Å²) in [6.07, 6.45) is 6.25. The van der Waals surface area contributed by atoms with Crippen molar-refractivity contribution in [1.82, 2.24) is 9.21 Å². The van der Waals surface area contributed by atoms with E-state index in [2.05, 4.69) is 10.2 Å². The number of carbonyl (C=O) groups excluding carboxylic acids is 1. The highest BCUT2D eigenvalue weighted by atomic mass is 32.2. The predicted octanol–water partition coefficient (Wildman–Crippen LogP) is 2.68. The second-order valence-electron chi connectivity index (χ2n) is 7.44. The molecule has 28 heavy (non-hydrogen) atoms. The molecule has 7 nitrogen and oxygen atoms in total. The third kappa shape index (κ3) is 5.24. The van der Waals surface area contributed by atoms with E-state index in [0.29, 0.717) is 37.7 Å². The summed E-state index contributed by atoms with van der Waals surface area (Å²) >= 11 is 0. The number of hydrogen-bond acceptors (Lipinski definition) is 5. The van der Waals surface area contributed by atoms with E-state index in [1.807, 2.05) is 6.92 Å². The Hall–Kier alpha value is -1.64. The first-order valence-electron chi connectivity index (χ1n) is 10.3. The number of amides is 1. The normalized spacial score (nSPS) is 19.3. The summed E-state index contributed by atoms with van der Waals surface area (Å²) < 4.78 is 33.4. The fraction of sp³-hybridized carbons (Fsp3) is 0.650. The fourth-order valence-corrected chi connectivity index (χ4v) is 5.50. The molecule has 3 rings (SSSR count). The molecular weight excluding hydrogens is 378 g/mol. The second-order valence-corrected chi connectivity index (χ2v) is 9.35. The van der Waals surface area contributed by atoms with Gasteiger partial charge in [0.15, 0.2) is 0 Å². The summed E-state index contributed by atoms with van der Waals surface area (Å²) in [7, 11) is -3.65. The van der Waals surface area contributed by atoms with Crippen LogP contribution in [0, 0.1) is 0 Å². The molecular formula is C20H31N3O4S. The van der Waals surface area contributed by atoms with E-state index >= 15 is 0 Å². The van der Waals surface area contributed by atoms with E-state index in [1.54, 1.807) is 12.1 Å². The Labute approximate surface area is 168 Å². The number of nitrogens with one attached hydrogen (secondary N) is 1. The van der Waals surface area contributed by atoms with Gasteiger partial charge >= 0.3 is 0 Å². The van der Waals surface area contributed by atoms with Gasteiger partial charge in [0.1, 0.15) is 10.6 Å². The van der Waals surface area contributed by atoms with Gasteiger partial charge in [0.05, 0.1) is 13.2 Å². The lowest BCUT2D eigenvalue weighted by molar-refractivity contribution is -0.117. The Kier molecular flexibility index (Phi) is 7.31. The van der Waals surface area contributed by atoms with E-state index in [9.17, 15) is 13.2 Å². The largest absolute Gasteiger partial charge is 0.492 e. The fourth-order valence-electron chi connectivity index (χ4n) is 3.83. The van der Waals surface area contributed by atoms with Gasteiger partial charge in [0.25, 0.3) is 0 Å². The minimum atomic E-state index is -3.65. The third-order valence-electron chi connectivity index (χ3n) is 5.28. The summed E-state index contributed by atoms with van der Waals surface area (Å²) in [6.45, 7) is 5.46. The van der Waals surface area contributed by atoms with Crippen molar-refractivity contribution >= 4 is 21.6 Å². The van der Waals surface area contributed by atoms with Gasteiger partial charge in [-0.05, 0) is 63.9 Å². The van der Waals surface area contributed by atoms with Gasteiger partial charge < -0.3 is 10.1 Å². The highest BCUT2D eigenvalue weighted by Crippen LogP contribution is 2.31. The lowest BCUT2D eigenvalue weighted by Crippen LogP contribution is -2.37. The Morgan fingerprint density at radius 2 is 1.68 bits per heavy atom. The second kappa shape index (κ2) is 9.71. The molecule has 1 amide bonds. The summed E-state index contributed by atoms with van der Waals surface area (Å²) in [5, 5.41) is 2.85. The number of ether oxygens (including phenoxy) is 1. The van der Waals surface area contributed by atoms with Crippen molar-refractivity contribution < 1.29 is 17.9 Å². The summed E-state index contributed by atoms with van der Waals surface area (Å²) in [5.74, 6) is 0.217. The van der Waals surface area contributed by atoms with Crippen molar-refractivity contribution in [2.45, 2.75) is 50.3 Å².